The number of nitrogens with zero attached hydrogens (tertiary/aromatic N) is 1. The molecule has 21 heavy (non-hydrogen) atoms. The molecule has 4 nitrogen and oxygen atoms in total. The summed E-state index contributed by atoms with van der Waals surface area (Å²) in [7, 11) is 1.72. The van der Waals surface area contributed by atoms with Gasteiger partial charge in [-0.05, 0) is 38.5 Å². The Bertz CT molecular complexity index is 431. The summed E-state index contributed by atoms with van der Waals surface area (Å²) in [6.45, 7) is 10.9. The second kappa shape index (κ2) is 7.25. The maximum atomic E-state index is 5.96. The first-order valence-corrected chi connectivity index (χ1v) is 7.71. The molecule has 1 fully saturated rings. The van der Waals surface area contributed by atoms with E-state index in [9.17, 15) is 0 Å². The zero-order valence-electron chi connectivity index (χ0n) is 13.7. The molecule has 1 atom stereocenters. The monoisotopic (exact) mass is 292 g/mol. The molecular formula is C17H28N2O2. The quantitative estimate of drug-likeness (QED) is 0.817. The third-order valence-electron chi connectivity index (χ3n) is 3.68. The fraction of sp³-hybridized carbons (Fsp3) is 0.647. The molecule has 1 unspecified atom stereocenters. The number of anilines is 1. The highest BCUT2D eigenvalue weighted by molar-refractivity contribution is 5.48. The van der Waals surface area contributed by atoms with Gasteiger partial charge in [-0.25, -0.2) is 0 Å². The highest BCUT2D eigenvalue weighted by Gasteiger charge is 2.31. The largest absolute Gasteiger partial charge is 0.383 e. The van der Waals surface area contributed by atoms with Crippen molar-refractivity contribution in [2.75, 3.05) is 38.3 Å². The number of morpholine rings is 1. The minimum absolute atomic E-state index is 0.0853. The van der Waals surface area contributed by atoms with Gasteiger partial charge in [0.2, 0.25) is 0 Å². The van der Waals surface area contributed by atoms with Crippen LogP contribution in [0.25, 0.3) is 0 Å². The van der Waals surface area contributed by atoms with Gasteiger partial charge in [0.25, 0.3) is 0 Å². The molecule has 1 saturated heterocycles. The fourth-order valence-electron chi connectivity index (χ4n) is 2.88. The topological polar surface area (TPSA) is 33.7 Å². The van der Waals surface area contributed by atoms with Gasteiger partial charge < -0.3 is 19.7 Å². The van der Waals surface area contributed by atoms with E-state index in [0.717, 1.165) is 32.8 Å². The number of ether oxygens (including phenoxy) is 2. The summed E-state index contributed by atoms with van der Waals surface area (Å²) in [6.07, 6.45) is 0.268. The Hall–Kier alpha value is -1.10. The van der Waals surface area contributed by atoms with E-state index >= 15 is 0 Å². The number of benzene rings is 1. The first kappa shape index (κ1) is 16.3. The van der Waals surface area contributed by atoms with Gasteiger partial charge in [-0.15, -0.1) is 0 Å². The van der Waals surface area contributed by atoms with E-state index in [4.69, 9.17) is 9.47 Å². The lowest BCUT2D eigenvalue weighted by Crippen LogP contribution is -2.52. The first-order chi connectivity index (χ1) is 10.00. The van der Waals surface area contributed by atoms with Gasteiger partial charge in [0.15, 0.2) is 0 Å². The molecule has 0 radical (unpaired) electrons. The van der Waals surface area contributed by atoms with Gasteiger partial charge in [-0.2, -0.15) is 0 Å². The van der Waals surface area contributed by atoms with Crippen LogP contribution in [0.2, 0.25) is 0 Å². The molecule has 0 aliphatic carbocycles. The molecule has 0 amide bonds. The summed E-state index contributed by atoms with van der Waals surface area (Å²) >= 11 is 0. The third-order valence-corrected chi connectivity index (χ3v) is 3.68. The number of hydrogen-bond donors (Lipinski definition) is 1. The van der Waals surface area contributed by atoms with E-state index in [2.05, 4.69) is 55.3 Å². The van der Waals surface area contributed by atoms with E-state index in [-0.39, 0.29) is 11.7 Å². The van der Waals surface area contributed by atoms with E-state index in [1.807, 2.05) is 0 Å². The summed E-state index contributed by atoms with van der Waals surface area (Å²) in [5.41, 5.74) is 2.49. The zero-order chi connectivity index (χ0) is 15.3. The van der Waals surface area contributed by atoms with Crippen LogP contribution in [0.5, 0.6) is 0 Å². The Balaban J connectivity index is 1.92. The molecule has 2 rings (SSSR count). The molecule has 1 heterocycles. The summed E-state index contributed by atoms with van der Waals surface area (Å²) in [6, 6.07) is 8.81. The van der Waals surface area contributed by atoms with Crippen LogP contribution in [0.4, 0.5) is 5.69 Å². The average molecular weight is 292 g/mol. The van der Waals surface area contributed by atoms with E-state index in [1.165, 1.54) is 11.3 Å². The van der Waals surface area contributed by atoms with E-state index < -0.39 is 0 Å². The van der Waals surface area contributed by atoms with Crippen molar-refractivity contribution in [1.29, 1.82) is 0 Å². The van der Waals surface area contributed by atoms with Crippen LogP contribution in [-0.2, 0) is 16.0 Å². The van der Waals surface area contributed by atoms with Crippen LogP contribution in [0.15, 0.2) is 24.3 Å². The van der Waals surface area contributed by atoms with Crippen molar-refractivity contribution >= 4 is 5.69 Å². The molecule has 1 aromatic rings. The average Bonchev–Trinajstić information content (AvgIpc) is 2.42. The number of rotatable bonds is 6. The van der Waals surface area contributed by atoms with Crippen molar-refractivity contribution in [2.45, 2.75) is 39.0 Å². The fourth-order valence-corrected chi connectivity index (χ4v) is 2.88. The lowest BCUT2D eigenvalue weighted by atomic mass is 10.0. The van der Waals surface area contributed by atoms with Crippen LogP contribution < -0.4 is 10.2 Å². The summed E-state index contributed by atoms with van der Waals surface area (Å²) in [5, 5.41) is 3.36. The lowest BCUT2D eigenvalue weighted by molar-refractivity contribution is -0.0749. The Labute approximate surface area is 128 Å². The van der Waals surface area contributed by atoms with Gasteiger partial charge in [-0.3, -0.25) is 0 Å². The lowest BCUT2D eigenvalue weighted by Gasteiger charge is -2.43. The normalized spacial score (nSPS) is 21.5. The van der Waals surface area contributed by atoms with Gasteiger partial charge in [0.05, 0.1) is 18.3 Å². The van der Waals surface area contributed by atoms with Crippen LogP contribution in [0.3, 0.4) is 0 Å². The van der Waals surface area contributed by atoms with Crippen molar-refractivity contribution < 1.29 is 9.47 Å². The van der Waals surface area contributed by atoms with Gasteiger partial charge in [0, 0.05) is 39.0 Å². The standard InChI is InChI=1S/C17H28N2O2/c1-14-12-19(13-17(2,3)21-14)16-7-5-15(6-8-16)11-18-9-10-20-4/h5-8,14,18H,9-13H2,1-4H3. The second-order valence-corrected chi connectivity index (χ2v) is 6.40. The highest BCUT2D eigenvalue weighted by atomic mass is 16.5. The predicted octanol–water partition coefficient (Wildman–Crippen LogP) is 2.43. The molecule has 0 aromatic heterocycles. The van der Waals surface area contributed by atoms with Crippen LogP contribution in [0, 0.1) is 0 Å². The molecule has 4 heteroatoms. The molecule has 0 spiro atoms. The van der Waals surface area contributed by atoms with Gasteiger partial charge >= 0.3 is 0 Å². The van der Waals surface area contributed by atoms with Gasteiger partial charge in [-0.1, -0.05) is 12.1 Å². The highest BCUT2D eigenvalue weighted by Crippen LogP contribution is 2.26. The first-order valence-electron chi connectivity index (χ1n) is 7.71. The van der Waals surface area contributed by atoms with Crippen LogP contribution >= 0.6 is 0 Å². The van der Waals surface area contributed by atoms with Crippen molar-refractivity contribution in [3.05, 3.63) is 29.8 Å². The molecular weight excluding hydrogens is 264 g/mol. The summed E-state index contributed by atoms with van der Waals surface area (Å²) in [5.74, 6) is 0. The molecule has 0 saturated carbocycles. The van der Waals surface area contributed by atoms with Crippen molar-refractivity contribution in [3.63, 3.8) is 0 Å². The maximum absolute atomic E-state index is 5.96. The molecule has 1 N–H and O–H groups in total. The number of hydrogen-bond acceptors (Lipinski definition) is 4. The Morgan fingerprint density at radius 2 is 2.05 bits per heavy atom. The Morgan fingerprint density at radius 1 is 1.33 bits per heavy atom. The smallest absolute Gasteiger partial charge is 0.0805 e. The van der Waals surface area contributed by atoms with E-state index in [1.54, 1.807) is 7.11 Å². The zero-order valence-corrected chi connectivity index (χ0v) is 13.7. The van der Waals surface area contributed by atoms with E-state index in [0.29, 0.717) is 0 Å². The minimum Gasteiger partial charge on any atom is -0.383 e. The second-order valence-electron chi connectivity index (χ2n) is 6.40. The molecule has 0 bridgehead atoms. The maximum Gasteiger partial charge on any atom is 0.0805 e. The number of nitrogens with one attached hydrogen (secondary N) is 1. The Kier molecular flexibility index (Phi) is 5.62. The van der Waals surface area contributed by atoms with Gasteiger partial charge in [0.1, 0.15) is 0 Å². The molecule has 1 aliphatic heterocycles. The van der Waals surface area contributed by atoms with Crippen molar-refractivity contribution in [2.24, 2.45) is 0 Å². The molecule has 118 valence electrons. The summed E-state index contributed by atoms with van der Waals surface area (Å²) in [4.78, 5) is 2.41. The van der Waals surface area contributed by atoms with Crippen LogP contribution in [0.1, 0.15) is 26.3 Å². The predicted molar refractivity (Wildman–Crippen MR) is 86.9 cm³/mol. The number of methoxy groups -OCH3 is 1. The Morgan fingerprint density at radius 3 is 2.67 bits per heavy atom. The van der Waals surface area contributed by atoms with Crippen molar-refractivity contribution in [3.8, 4) is 0 Å². The SMILES string of the molecule is COCCNCc1ccc(N2CC(C)OC(C)(C)C2)cc1. The minimum atomic E-state index is -0.0853. The van der Waals surface area contributed by atoms with Crippen LogP contribution in [-0.4, -0.2) is 45.1 Å². The summed E-state index contributed by atoms with van der Waals surface area (Å²) < 4.78 is 11.0. The van der Waals surface area contributed by atoms with Crippen molar-refractivity contribution in [1.82, 2.24) is 5.32 Å². The third kappa shape index (κ3) is 4.99. The molecule has 1 aromatic carbocycles. The molecule has 1 aliphatic rings.